The molecule has 1 aromatic rings. The maximum Gasteiger partial charge on any atom is 0.410 e. The number of halogens is 1. The summed E-state index contributed by atoms with van der Waals surface area (Å²) in [5.41, 5.74) is 0.719. The largest absolute Gasteiger partial charge is 0.444 e. The predicted molar refractivity (Wildman–Crippen MR) is 94.2 cm³/mol. The topological polar surface area (TPSA) is 45.7 Å². The second kappa shape index (κ2) is 7.62. The molecule has 128 valence electrons. The third-order valence-electron chi connectivity index (χ3n) is 3.77. The molecule has 1 fully saturated rings. The average molecular weight is 384 g/mol. The van der Waals surface area contributed by atoms with Crippen molar-refractivity contribution in [3.05, 3.63) is 28.5 Å². The number of hydrogen-bond donors (Lipinski definition) is 0. The van der Waals surface area contributed by atoms with E-state index < -0.39 is 5.60 Å². The summed E-state index contributed by atoms with van der Waals surface area (Å²) in [5.74, 6) is 0. The average Bonchev–Trinajstić information content (AvgIpc) is 2.87. The second-order valence-corrected chi connectivity index (χ2v) is 7.97. The van der Waals surface area contributed by atoms with Crippen molar-refractivity contribution >= 4 is 22.0 Å². The molecule has 2 rings (SSSR count). The summed E-state index contributed by atoms with van der Waals surface area (Å²) in [6, 6.07) is 4.23. The van der Waals surface area contributed by atoms with Gasteiger partial charge in [-0.05, 0) is 68.2 Å². The van der Waals surface area contributed by atoms with Gasteiger partial charge in [0.15, 0.2) is 0 Å². The molecule has 0 saturated carbocycles. The van der Waals surface area contributed by atoms with Crippen LogP contribution in [0.3, 0.4) is 0 Å². The fourth-order valence-corrected chi connectivity index (χ4v) is 3.06. The Balaban J connectivity index is 1.90. The van der Waals surface area contributed by atoms with Crippen molar-refractivity contribution < 1.29 is 9.53 Å². The number of likely N-dealkylation sites (tertiary alicyclic amines) is 1. The van der Waals surface area contributed by atoms with Gasteiger partial charge >= 0.3 is 6.09 Å². The van der Waals surface area contributed by atoms with Gasteiger partial charge in [0.1, 0.15) is 10.2 Å². The molecule has 2 heterocycles. The molecule has 1 aliphatic heterocycles. The Morgan fingerprint density at radius 3 is 2.83 bits per heavy atom. The first-order valence-corrected chi connectivity index (χ1v) is 8.82. The zero-order valence-corrected chi connectivity index (χ0v) is 16.0. The highest BCUT2D eigenvalue weighted by molar-refractivity contribution is 9.10. The molecule has 23 heavy (non-hydrogen) atoms. The van der Waals surface area contributed by atoms with E-state index >= 15 is 0 Å². The molecule has 0 aromatic carbocycles. The smallest absolute Gasteiger partial charge is 0.410 e. The fourth-order valence-electron chi connectivity index (χ4n) is 2.82. The van der Waals surface area contributed by atoms with E-state index in [9.17, 15) is 4.79 Å². The molecule has 5 nitrogen and oxygen atoms in total. The number of amides is 1. The Hall–Kier alpha value is -1.14. The number of rotatable bonds is 4. The molecular formula is C17H26BrN3O2. The summed E-state index contributed by atoms with van der Waals surface area (Å²) in [7, 11) is 2.08. The van der Waals surface area contributed by atoms with E-state index in [-0.39, 0.29) is 12.1 Å². The van der Waals surface area contributed by atoms with Crippen LogP contribution in [0.15, 0.2) is 22.9 Å². The van der Waals surface area contributed by atoms with Gasteiger partial charge in [-0.3, -0.25) is 0 Å². The molecule has 1 aliphatic rings. The maximum absolute atomic E-state index is 12.3. The van der Waals surface area contributed by atoms with Gasteiger partial charge in [-0.25, -0.2) is 9.78 Å². The highest BCUT2D eigenvalue weighted by Gasteiger charge is 2.32. The van der Waals surface area contributed by atoms with Crippen molar-refractivity contribution in [2.75, 3.05) is 20.1 Å². The molecule has 6 heteroatoms. The van der Waals surface area contributed by atoms with Gasteiger partial charge in [0, 0.05) is 31.9 Å². The number of hydrogen-bond acceptors (Lipinski definition) is 4. The number of carbonyl (C=O) groups excluding carboxylic acids is 1. The Morgan fingerprint density at radius 1 is 1.48 bits per heavy atom. The van der Waals surface area contributed by atoms with Crippen molar-refractivity contribution in [3.63, 3.8) is 0 Å². The minimum atomic E-state index is -0.445. The molecule has 0 aliphatic carbocycles. The Kier molecular flexibility index (Phi) is 6.03. The summed E-state index contributed by atoms with van der Waals surface area (Å²) in [6.45, 7) is 8.16. The van der Waals surface area contributed by atoms with Crippen LogP contribution in [0.4, 0.5) is 4.79 Å². The Bertz CT molecular complexity index is 528. The number of carbonyl (C=O) groups is 1. The summed E-state index contributed by atoms with van der Waals surface area (Å²) in [5, 5.41) is 0. The Labute approximate surface area is 147 Å². The summed E-state index contributed by atoms with van der Waals surface area (Å²) >= 11 is 3.35. The van der Waals surface area contributed by atoms with Crippen LogP contribution in [0.25, 0.3) is 0 Å². The van der Waals surface area contributed by atoms with Crippen molar-refractivity contribution in [1.29, 1.82) is 0 Å². The molecule has 0 radical (unpaired) electrons. The van der Waals surface area contributed by atoms with Crippen LogP contribution >= 0.6 is 15.9 Å². The molecule has 1 aromatic heterocycles. The monoisotopic (exact) mass is 383 g/mol. The highest BCUT2D eigenvalue weighted by atomic mass is 79.9. The van der Waals surface area contributed by atoms with Gasteiger partial charge in [-0.15, -0.1) is 0 Å². The lowest BCUT2D eigenvalue weighted by atomic mass is 10.2. The van der Waals surface area contributed by atoms with Gasteiger partial charge in [0.25, 0.3) is 0 Å². The van der Waals surface area contributed by atoms with Crippen LogP contribution in [-0.2, 0) is 11.3 Å². The molecule has 0 unspecified atom stereocenters. The van der Waals surface area contributed by atoms with Gasteiger partial charge in [-0.2, -0.15) is 0 Å². The minimum Gasteiger partial charge on any atom is -0.444 e. The quantitative estimate of drug-likeness (QED) is 0.743. The van der Waals surface area contributed by atoms with E-state index in [4.69, 9.17) is 4.74 Å². The van der Waals surface area contributed by atoms with Gasteiger partial charge < -0.3 is 14.5 Å². The normalized spacial score (nSPS) is 18.5. The predicted octanol–water partition coefficient (Wildman–Crippen LogP) is 3.68. The number of pyridine rings is 1. The fraction of sp³-hybridized carbons (Fsp3) is 0.647. The van der Waals surface area contributed by atoms with Gasteiger partial charge in [0.2, 0.25) is 0 Å². The molecule has 0 spiro atoms. The van der Waals surface area contributed by atoms with Crippen LogP contribution in [-0.4, -0.2) is 52.7 Å². The van der Waals surface area contributed by atoms with E-state index in [0.29, 0.717) is 0 Å². The molecule has 0 bridgehead atoms. The lowest BCUT2D eigenvalue weighted by Gasteiger charge is -2.31. The molecular weight excluding hydrogens is 358 g/mol. The number of ether oxygens (including phenoxy) is 1. The highest BCUT2D eigenvalue weighted by Crippen LogP contribution is 2.22. The summed E-state index contributed by atoms with van der Waals surface area (Å²) in [4.78, 5) is 20.7. The van der Waals surface area contributed by atoms with E-state index in [1.54, 1.807) is 0 Å². The van der Waals surface area contributed by atoms with E-state index in [0.717, 1.165) is 42.6 Å². The third-order valence-corrected chi connectivity index (χ3v) is 4.24. The first-order chi connectivity index (χ1) is 10.7. The van der Waals surface area contributed by atoms with Crippen molar-refractivity contribution in [1.82, 2.24) is 14.8 Å². The number of aromatic nitrogens is 1. The number of likely N-dealkylation sites (N-methyl/N-ethyl adjacent to an activating group) is 1. The van der Waals surface area contributed by atoms with Gasteiger partial charge in [-0.1, -0.05) is 6.07 Å². The van der Waals surface area contributed by atoms with Crippen LogP contribution < -0.4 is 0 Å². The Morgan fingerprint density at radius 2 is 2.22 bits per heavy atom. The summed E-state index contributed by atoms with van der Waals surface area (Å²) in [6.07, 6.45) is 3.75. The molecule has 1 amide bonds. The molecule has 1 saturated heterocycles. The van der Waals surface area contributed by atoms with E-state index in [2.05, 4.69) is 38.9 Å². The first kappa shape index (κ1) is 18.2. The van der Waals surface area contributed by atoms with E-state index in [1.807, 2.05) is 37.9 Å². The van der Waals surface area contributed by atoms with Crippen molar-refractivity contribution in [2.45, 2.75) is 51.8 Å². The first-order valence-electron chi connectivity index (χ1n) is 8.03. The molecule has 0 N–H and O–H groups in total. The number of nitrogens with zero attached hydrogens (tertiary/aromatic N) is 3. The SMILES string of the molecule is CN(Cc1ccc(Br)nc1)C[C@@H]1CCCN1C(=O)OC(C)(C)C. The summed E-state index contributed by atoms with van der Waals surface area (Å²) < 4.78 is 6.36. The van der Waals surface area contributed by atoms with E-state index in [1.165, 1.54) is 0 Å². The van der Waals surface area contributed by atoms with Crippen molar-refractivity contribution in [3.8, 4) is 0 Å². The zero-order valence-electron chi connectivity index (χ0n) is 14.4. The third kappa shape index (κ3) is 5.77. The molecule has 1 atom stereocenters. The van der Waals surface area contributed by atoms with Crippen LogP contribution in [0.1, 0.15) is 39.2 Å². The van der Waals surface area contributed by atoms with Crippen molar-refractivity contribution in [2.24, 2.45) is 0 Å². The minimum absolute atomic E-state index is 0.196. The lowest BCUT2D eigenvalue weighted by Crippen LogP contribution is -2.44. The van der Waals surface area contributed by atoms with Crippen LogP contribution in [0.5, 0.6) is 0 Å². The maximum atomic E-state index is 12.3. The van der Waals surface area contributed by atoms with Crippen LogP contribution in [0, 0.1) is 0 Å². The van der Waals surface area contributed by atoms with Crippen LogP contribution in [0.2, 0.25) is 0 Å². The van der Waals surface area contributed by atoms with Gasteiger partial charge in [0.05, 0.1) is 0 Å². The second-order valence-electron chi connectivity index (χ2n) is 7.16. The zero-order chi connectivity index (χ0) is 17.0. The lowest BCUT2D eigenvalue weighted by molar-refractivity contribution is 0.0201. The standard InChI is InChI=1S/C17H26BrN3O2/c1-17(2,3)23-16(22)21-9-5-6-14(21)12-20(4)11-13-7-8-15(18)19-10-13/h7-8,10,14H,5-6,9,11-12H2,1-4H3/t14-/m0/s1.